The Morgan fingerprint density at radius 3 is 1.76 bits per heavy atom. The molecule has 4 atom stereocenters. The van der Waals surface area contributed by atoms with E-state index in [9.17, 15) is 29.1 Å². The number of benzene rings is 2. The van der Waals surface area contributed by atoms with Gasteiger partial charge in [-0.15, -0.1) is 0 Å². The van der Waals surface area contributed by atoms with Crippen LogP contribution in [-0.2, 0) is 36.8 Å². The first-order chi connectivity index (χ1) is 21.4. The number of carbonyl (C=O) groups excluding carboxylic acids is 4. The lowest BCUT2D eigenvalue weighted by Gasteiger charge is -2.25. The molecule has 0 aliphatic rings. The molecule has 0 fully saturated rings. The highest BCUT2D eigenvalue weighted by Crippen LogP contribution is 2.20. The number of fused-ring (bicyclic) bond motifs is 2. The van der Waals surface area contributed by atoms with E-state index in [0.29, 0.717) is 5.56 Å². The zero-order chi connectivity index (χ0) is 32.7. The Kier molecular flexibility index (Phi) is 10.6. The summed E-state index contributed by atoms with van der Waals surface area (Å²) in [5, 5.41) is 19.3. The fourth-order valence-corrected chi connectivity index (χ4v) is 5.29. The number of para-hydroxylation sites is 2. The number of carbonyl (C=O) groups is 5. The molecule has 13 nitrogen and oxygen atoms in total. The average Bonchev–Trinajstić information content (AvgIpc) is 3.59. The highest BCUT2D eigenvalue weighted by atomic mass is 16.4. The summed E-state index contributed by atoms with van der Waals surface area (Å²) in [4.78, 5) is 70.0. The molecule has 4 unspecified atom stereocenters. The zero-order valence-corrected chi connectivity index (χ0v) is 25.1. The molecular formula is C32H39N7O6. The Balaban J connectivity index is 1.44. The van der Waals surface area contributed by atoms with Crippen molar-refractivity contribution in [1.29, 1.82) is 0 Å². The van der Waals surface area contributed by atoms with E-state index in [0.717, 1.165) is 27.4 Å². The molecule has 10 N–H and O–H groups in total. The summed E-state index contributed by atoms with van der Waals surface area (Å²) < 4.78 is 0. The number of hydrogen-bond acceptors (Lipinski definition) is 6. The van der Waals surface area contributed by atoms with Gasteiger partial charge < -0.3 is 42.5 Å². The predicted octanol–water partition coefficient (Wildman–Crippen LogP) is 1.22. The first kappa shape index (κ1) is 32.7. The number of aliphatic carboxylic acids is 1. The highest BCUT2D eigenvalue weighted by Gasteiger charge is 2.32. The minimum atomic E-state index is -1.41. The van der Waals surface area contributed by atoms with Crippen LogP contribution in [0.1, 0.15) is 37.8 Å². The maximum Gasteiger partial charge on any atom is 0.326 e. The summed E-state index contributed by atoms with van der Waals surface area (Å²) in [5.41, 5.74) is 14.8. The van der Waals surface area contributed by atoms with Crippen LogP contribution in [0.25, 0.3) is 21.8 Å². The zero-order valence-electron chi connectivity index (χ0n) is 25.1. The van der Waals surface area contributed by atoms with E-state index >= 15 is 0 Å². The van der Waals surface area contributed by atoms with Crippen molar-refractivity contribution < 1.29 is 29.1 Å². The van der Waals surface area contributed by atoms with Crippen LogP contribution in [0.2, 0.25) is 0 Å². The average molecular weight is 618 g/mol. The fourth-order valence-electron chi connectivity index (χ4n) is 5.29. The molecule has 0 saturated carbocycles. The summed E-state index contributed by atoms with van der Waals surface area (Å²) in [7, 11) is 0. The highest BCUT2D eigenvalue weighted by molar-refractivity contribution is 5.96. The summed E-state index contributed by atoms with van der Waals surface area (Å²) >= 11 is 0. The lowest BCUT2D eigenvalue weighted by molar-refractivity contribution is -0.142. The van der Waals surface area contributed by atoms with E-state index in [-0.39, 0.29) is 25.2 Å². The number of primary amides is 1. The maximum absolute atomic E-state index is 13.4. The molecule has 2 aromatic heterocycles. The summed E-state index contributed by atoms with van der Waals surface area (Å²) in [6.07, 6.45) is 3.23. The van der Waals surface area contributed by atoms with Gasteiger partial charge in [-0.1, -0.05) is 50.2 Å². The molecule has 4 rings (SSSR count). The Morgan fingerprint density at radius 1 is 0.733 bits per heavy atom. The van der Waals surface area contributed by atoms with Crippen molar-refractivity contribution in [2.45, 2.75) is 63.7 Å². The number of rotatable bonds is 15. The Morgan fingerprint density at radius 2 is 1.22 bits per heavy atom. The normalized spacial score (nSPS) is 14.0. The monoisotopic (exact) mass is 617 g/mol. The van der Waals surface area contributed by atoms with Gasteiger partial charge in [0.15, 0.2) is 0 Å². The Hall–Kier alpha value is -5.17. The van der Waals surface area contributed by atoms with Crippen LogP contribution in [-0.4, -0.2) is 68.8 Å². The third-order valence-corrected chi connectivity index (χ3v) is 7.54. The lowest BCUT2D eigenvalue weighted by Crippen LogP contribution is -2.58. The van der Waals surface area contributed by atoms with Gasteiger partial charge in [0.2, 0.25) is 23.6 Å². The second-order valence-corrected chi connectivity index (χ2v) is 11.6. The molecule has 0 saturated heterocycles. The standard InChI is InChI=1S/C32H39N7O6/c1-17(2)11-25(30(42)39-27(32(44)45)13-19-16-36-24-10-6-4-8-21(19)24)38-31(43)26(14-28(34)40)37-29(41)22(33)12-18-15-35-23-9-5-3-7-20(18)23/h3-10,15-17,22,25-27,35-36H,11-14,33H2,1-2H3,(H2,34,40)(H,37,41)(H,38,43)(H,39,42)(H,44,45). The number of nitrogens with two attached hydrogens (primary N) is 2. The van der Waals surface area contributed by atoms with Gasteiger partial charge in [0.25, 0.3) is 0 Å². The van der Waals surface area contributed by atoms with Gasteiger partial charge in [-0.3, -0.25) is 19.2 Å². The fraction of sp³-hybridized carbons (Fsp3) is 0.344. The number of aromatic amines is 2. The number of carboxylic acid groups (broad SMARTS) is 1. The van der Waals surface area contributed by atoms with Crippen LogP contribution >= 0.6 is 0 Å². The molecule has 0 bridgehead atoms. The van der Waals surface area contributed by atoms with Crippen LogP contribution in [0.4, 0.5) is 0 Å². The largest absolute Gasteiger partial charge is 0.480 e. The lowest BCUT2D eigenvalue weighted by atomic mass is 10.0. The Labute approximate surface area is 259 Å². The first-order valence-corrected chi connectivity index (χ1v) is 14.7. The van der Waals surface area contributed by atoms with Crippen molar-refractivity contribution in [2.75, 3.05) is 0 Å². The Bertz CT molecular complexity index is 1690. The van der Waals surface area contributed by atoms with E-state index in [1.165, 1.54) is 0 Å². The maximum atomic E-state index is 13.4. The summed E-state index contributed by atoms with van der Waals surface area (Å²) in [6.45, 7) is 3.67. The predicted molar refractivity (Wildman–Crippen MR) is 169 cm³/mol. The summed E-state index contributed by atoms with van der Waals surface area (Å²) in [5.74, 6) is -4.40. The van der Waals surface area contributed by atoms with Crippen LogP contribution in [0.5, 0.6) is 0 Å². The van der Waals surface area contributed by atoms with Crippen LogP contribution in [0.15, 0.2) is 60.9 Å². The molecule has 2 heterocycles. The minimum absolute atomic E-state index is 0.00209. The third kappa shape index (κ3) is 8.48. The van der Waals surface area contributed by atoms with E-state index in [4.69, 9.17) is 11.5 Å². The number of H-pyrrole nitrogens is 2. The molecule has 4 amide bonds. The van der Waals surface area contributed by atoms with Crippen molar-refractivity contribution in [2.24, 2.45) is 17.4 Å². The number of aromatic nitrogens is 2. The molecule has 0 spiro atoms. The number of amides is 4. The van der Waals surface area contributed by atoms with Crippen molar-refractivity contribution >= 4 is 51.4 Å². The number of hydrogen-bond donors (Lipinski definition) is 8. The van der Waals surface area contributed by atoms with Gasteiger partial charge in [0.05, 0.1) is 12.5 Å². The van der Waals surface area contributed by atoms with Gasteiger partial charge in [0, 0.05) is 40.6 Å². The van der Waals surface area contributed by atoms with E-state index < -0.39 is 60.2 Å². The molecule has 2 aromatic carbocycles. The first-order valence-electron chi connectivity index (χ1n) is 14.7. The van der Waals surface area contributed by atoms with Crippen molar-refractivity contribution in [3.05, 3.63) is 72.1 Å². The minimum Gasteiger partial charge on any atom is -0.480 e. The SMILES string of the molecule is CC(C)CC(NC(=O)C(CC(N)=O)NC(=O)C(N)Cc1c[nH]c2ccccc12)C(=O)NC(Cc1c[nH]c2ccccc12)C(=O)O. The van der Waals surface area contributed by atoms with Crippen LogP contribution in [0.3, 0.4) is 0 Å². The van der Waals surface area contributed by atoms with E-state index in [1.807, 2.05) is 62.4 Å². The molecule has 0 radical (unpaired) electrons. The molecule has 238 valence electrons. The number of carboxylic acids is 1. The van der Waals surface area contributed by atoms with Gasteiger partial charge in [-0.05, 0) is 42.0 Å². The molecule has 13 heteroatoms. The molecule has 45 heavy (non-hydrogen) atoms. The van der Waals surface area contributed by atoms with E-state index in [1.54, 1.807) is 12.4 Å². The number of nitrogens with one attached hydrogen (secondary N) is 5. The van der Waals surface area contributed by atoms with Crippen LogP contribution < -0.4 is 27.4 Å². The molecule has 0 aliphatic carbocycles. The quantitative estimate of drug-likeness (QED) is 0.0972. The van der Waals surface area contributed by atoms with Crippen molar-refractivity contribution in [1.82, 2.24) is 25.9 Å². The second-order valence-electron chi connectivity index (χ2n) is 11.6. The van der Waals surface area contributed by atoms with Gasteiger partial charge in [-0.25, -0.2) is 4.79 Å². The van der Waals surface area contributed by atoms with Gasteiger partial charge in [-0.2, -0.15) is 0 Å². The van der Waals surface area contributed by atoms with Gasteiger partial charge >= 0.3 is 5.97 Å². The summed E-state index contributed by atoms with van der Waals surface area (Å²) in [6, 6.07) is 10.0. The van der Waals surface area contributed by atoms with Crippen LogP contribution in [0, 0.1) is 5.92 Å². The smallest absolute Gasteiger partial charge is 0.326 e. The second kappa shape index (κ2) is 14.5. The van der Waals surface area contributed by atoms with E-state index in [2.05, 4.69) is 25.9 Å². The molecule has 0 aliphatic heterocycles. The third-order valence-electron chi connectivity index (χ3n) is 7.54. The molecule has 4 aromatic rings. The van der Waals surface area contributed by atoms with Crippen molar-refractivity contribution in [3.63, 3.8) is 0 Å². The van der Waals surface area contributed by atoms with Crippen molar-refractivity contribution in [3.8, 4) is 0 Å². The molecular weight excluding hydrogens is 578 g/mol. The van der Waals surface area contributed by atoms with Gasteiger partial charge in [0.1, 0.15) is 18.1 Å². The topological polar surface area (TPSA) is 225 Å².